The minimum Gasteiger partial charge on any atom is -0.244 e. The normalized spacial score (nSPS) is 45.8. The first-order valence-electron chi connectivity index (χ1n) is 4.86. The van der Waals surface area contributed by atoms with Crippen LogP contribution in [0, 0.1) is 11.8 Å². The number of alkyl halides is 1. The van der Waals surface area contributed by atoms with Crippen LogP contribution in [0.2, 0.25) is 0 Å². The highest BCUT2D eigenvalue weighted by Crippen LogP contribution is 2.47. The molecule has 0 aromatic heterocycles. The van der Waals surface area contributed by atoms with Crippen molar-refractivity contribution in [2.24, 2.45) is 11.8 Å². The van der Waals surface area contributed by atoms with E-state index in [1.54, 1.807) is 6.92 Å². The molecule has 0 bridgehead atoms. The van der Waals surface area contributed by atoms with Crippen molar-refractivity contribution < 1.29 is 4.39 Å². The van der Waals surface area contributed by atoms with Gasteiger partial charge in [0.1, 0.15) is 5.67 Å². The van der Waals surface area contributed by atoms with Gasteiger partial charge in [0, 0.05) is 0 Å². The highest BCUT2D eigenvalue weighted by atomic mass is 19.1. The summed E-state index contributed by atoms with van der Waals surface area (Å²) >= 11 is 0. The molecule has 0 amide bonds. The van der Waals surface area contributed by atoms with E-state index in [0.717, 1.165) is 31.1 Å². The van der Waals surface area contributed by atoms with Gasteiger partial charge in [-0.15, -0.1) is 0 Å². The van der Waals surface area contributed by atoms with Gasteiger partial charge in [-0.05, 0) is 57.3 Å². The van der Waals surface area contributed by atoms with Gasteiger partial charge in [-0.3, -0.25) is 0 Å². The van der Waals surface area contributed by atoms with Gasteiger partial charge in [-0.1, -0.05) is 0 Å². The molecule has 0 aromatic rings. The summed E-state index contributed by atoms with van der Waals surface area (Å²) in [5.74, 6) is 1.64. The molecule has 0 saturated heterocycles. The minimum absolute atomic E-state index is 0.735. The summed E-state index contributed by atoms with van der Waals surface area (Å²) in [6.07, 6.45) is 6.81. The van der Waals surface area contributed by atoms with Crippen LogP contribution in [0.4, 0.5) is 4.39 Å². The van der Waals surface area contributed by atoms with Crippen LogP contribution in [0.25, 0.3) is 0 Å². The molecule has 1 heteroatoms. The Bertz CT molecular complexity index is 147. The first kappa shape index (κ1) is 7.57. The molecule has 2 aliphatic carbocycles. The van der Waals surface area contributed by atoms with Gasteiger partial charge < -0.3 is 0 Å². The standard InChI is InChI=1S/C10H17F/c1-10(11)6-2-3-9(7-10)8-4-5-8/h8-9H,2-7H2,1H3/t9-,10?/m0/s1. The van der Waals surface area contributed by atoms with Crippen LogP contribution in [-0.2, 0) is 0 Å². The molecule has 2 aliphatic rings. The molecule has 0 N–H and O–H groups in total. The maximum Gasteiger partial charge on any atom is 0.108 e. The molecule has 64 valence electrons. The second kappa shape index (κ2) is 2.46. The van der Waals surface area contributed by atoms with Crippen molar-refractivity contribution >= 4 is 0 Å². The maximum atomic E-state index is 13.5. The smallest absolute Gasteiger partial charge is 0.108 e. The van der Waals surface area contributed by atoms with Crippen LogP contribution < -0.4 is 0 Å². The van der Waals surface area contributed by atoms with E-state index in [9.17, 15) is 4.39 Å². The molecule has 2 atom stereocenters. The maximum absolute atomic E-state index is 13.5. The summed E-state index contributed by atoms with van der Waals surface area (Å²) in [4.78, 5) is 0. The number of halogens is 1. The van der Waals surface area contributed by atoms with Crippen molar-refractivity contribution in [2.45, 2.75) is 51.1 Å². The number of hydrogen-bond acceptors (Lipinski definition) is 0. The van der Waals surface area contributed by atoms with Gasteiger partial charge in [-0.25, -0.2) is 4.39 Å². The quantitative estimate of drug-likeness (QED) is 0.546. The van der Waals surface area contributed by atoms with E-state index >= 15 is 0 Å². The number of hydrogen-bond donors (Lipinski definition) is 0. The third kappa shape index (κ3) is 1.74. The van der Waals surface area contributed by atoms with Gasteiger partial charge in [-0.2, -0.15) is 0 Å². The Labute approximate surface area is 68.2 Å². The van der Waals surface area contributed by atoms with E-state index in [0.29, 0.717) is 0 Å². The van der Waals surface area contributed by atoms with E-state index < -0.39 is 5.67 Å². The molecule has 11 heavy (non-hydrogen) atoms. The van der Waals surface area contributed by atoms with Crippen LogP contribution in [-0.4, -0.2) is 5.67 Å². The van der Waals surface area contributed by atoms with E-state index in [1.165, 1.54) is 19.3 Å². The summed E-state index contributed by atoms with van der Waals surface area (Å²) < 4.78 is 13.5. The molecular weight excluding hydrogens is 139 g/mol. The van der Waals surface area contributed by atoms with Crippen molar-refractivity contribution in [1.82, 2.24) is 0 Å². The summed E-state index contributed by atoms with van der Waals surface area (Å²) in [6.45, 7) is 1.78. The Morgan fingerprint density at radius 1 is 1.18 bits per heavy atom. The van der Waals surface area contributed by atoms with Crippen molar-refractivity contribution in [1.29, 1.82) is 0 Å². The Kier molecular flexibility index (Phi) is 1.70. The molecule has 2 fully saturated rings. The third-order valence-electron chi connectivity index (χ3n) is 3.25. The zero-order valence-electron chi connectivity index (χ0n) is 7.28. The fourth-order valence-corrected chi connectivity index (χ4v) is 2.45. The van der Waals surface area contributed by atoms with Gasteiger partial charge in [0.25, 0.3) is 0 Å². The molecule has 0 radical (unpaired) electrons. The Morgan fingerprint density at radius 2 is 1.91 bits per heavy atom. The third-order valence-corrected chi connectivity index (χ3v) is 3.25. The SMILES string of the molecule is CC1(F)CCC[C@H](C2CC2)C1. The first-order valence-corrected chi connectivity index (χ1v) is 4.86. The molecule has 0 spiro atoms. The monoisotopic (exact) mass is 156 g/mol. The zero-order chi connectivity index (χ0) is 7.90. The molecular formula is C10H17F. The highest BCUT2D eigenvalue weighted by molar-refractivity contribution is 4.90. The highest BCUT2D eigenvalue weighted by Gasteiger charge is 2.39. The Morgan fingerprint density at radius 3 is 2.45 bits per heavy atom. The largest absolute Gasteiger partial charge is 0.244 e. The van der Waals surface area contributed by atoms with Gasteiger partial charge in [0.2, 0.25) is 0 Å². The Balaban J connectivity index is 1.92. The van der Waals surface area contributed by atoms with E-state index in [2.05, 4.69) is 0 Å². The van der Waals surface area contributed by atoms with Crippen LogP contribution >= 0.6 is 0 Å². The van der Waals surface area contributed by atoms with Crippen molar-refractivity contribution in [3.05, 3.63) is 0 Å². The van der Waals surface area contributed by atoms with Crippen LogP contribution in [0.15, 0.2) is 0 Å². The van der Waals surface area contributed by atoms with Gasteiger partial charge in [0.15, 0.2) is 0 Å². The topological polar surface area (TPSA) is 0 Å². The van der Waals surface area contributed by atoms with Crippen LogP contribution in [0.5, 0.6) is 0 Å². The average molecular weight is 156 g/mol. The van der Waals surface area contributed by atoms with Crippen molar-refractivity contribution in [3.63, 3.8) is 0 Å². The fraction of sp³-hybridized carbons (Fsp3) is 1.00. The summed E-state index contributed by atoms with van der Waals surface area (Å²) in [5, 5.41) is 0. The van der Waals surface area contributed by atoms with E-state index in [1.807, 2.05) is 0 Å². The van der Waals surface area contributed by atoms with Crippen LogP contribution in [0.1, 0.15) is 45.4 Å². The molecule has 0 heterocycles. The Hall–Kier alpha value is -0.0700. The fourth-order valence-electron chi connectivity index (χ4n) is 2.45. The minimum atomic E-state index is -0.828. The van der Waals surface area contributed by atoms with E-state index in [-0.39, 0.29) is 0 Å². The first-order chi connectivity index (χ1) is 5.17. The summed E-state index contributed by atoms with van der Waals surface area (Å²) in [7, 11) is 0. The number of rotatable bonds is 1. The lowest BCUT2D eigenvalue weighted by molar-refractivity contribution is 0.0863. The second-order valence-corrected chi connectivity index (χ2v) is 4.61. The van der Waals surface area contributed by atoms with Crippen LogP contribution in [0.3, 0.4) is 0 Å². The molecule has 2 rings (SSSR count). The van der Waals surface area contributed by atoms with Gasteiger partial charge in [0.05, 0.1) is 0 Å². The predicted molar refractivity (Wildman–Crippen MR) is 44.2 cm³/mol. The van der Waals surface area contributed by atoms with E-state index in [4.69, 9.17) is 0 Å². The van der Waals surface area contributed by atoms with Crippen molar-refractivity contribution in [2.75, 3.05) is 0 Å². The average Bonchev–Trinajstić information content (AvgIpc) is 2.65. The second-order valence-electron chi connectivity index (χ2n) is 4.61. The molecule has 0 aliphatic heterocycles. The molecule has 0 aromatic carbocycles. The molecule has 0 nitrogen and oxygen atoms in total. The van der Waals surface area contributed by atoms with Crippen molar-refractivity contribution in [3.8, 4) is 0 Å². The summed E-state index contributed by atoms with van der Waals surface area (Å²) in [5.41, 5.74) is -0.828. The van der Waals surface area contributed by atoms with Gasteiger partial charge >= 0.3 is 0 Å². The molecule has 2 saturated carbocycles. The lowest BCUT2D eigenvalue weighted by atomic mass is 9.78. The lowest BCUT2D eigenvalue weighted by Gasteiger charge is -2.31. The lowest BCUT2D eigenvalue weighted by Crippen LogP contribution is -2.28. The molecule has 1 unspecified atom stereocenters. The zero-order valence-corrected chi connectivity index (χ0v) is 7.28. The predicted octanol–water partition coefficient (Wildman–Crippen LogP) is 3.31. The summed E-state index contributed by atoms with van der Waals surface area (Å²) in [6, 6.07) is 0.